The predicted octanol–water partition coefficient (Wildman–Crippen LogP) is 2.60. The average molecular weight is 261 g/mol. The molecular weight excluding hydrogens is 245 g/mol. The van der Waals surface area contributed by atoms with Crippen LogP contribution in [0.1, 0.15) is 18.4 Å². The van der Waals surface area contributed by atoms with Crippen LogP contribution in [-0.2, 0) is 13.6 Å². The van der Waals surface area contributed by atoms with Gasteiger partial charge in [-0.1, -0.05) is 6.07 Å². The van der Waals surface area contributed by atoms with E-state index in [4.69, 9.17) is 4.74 Å². The van der Waals surface area contributed by atoms with Gasteiger partial charge in [-0.2, -0.15) is 5.10 Å². The highest BCUT2D eigenvalue weighted by Crippen LogP contribution is 2.25. The Morgan fingerprint density at radius 3 is 2.95 bits per heavy atom. The monoisotopic (exact) mass is 261 g/mol. The van der Waals surface area contributed by atoms with E-state index < -0.39 is 0 Å². The molecule has 1 aromatic heterocycles. The maximum atomic E-state index is 13.9. The summed E-state index contributed by atoms with van der Waals surface area (Å²) in [6, 6.07) is 5.67. The van der Waals surface area contributed by atoms with Gasteiger partial charge in [-0.15, -0.1) is 0 Å². The Morgan fingerprint density at radius 1 is 1.47 bits per heavy atom. The number of hydrogen-bond acceptors (Lipinski definition) is 3. The van der Waals surface area contributed by atoms with Crippen LogP contribution in [-0.4, -0.2) is 15.8 Å². The van der Waals surface area contributed by atoms with Crippen LogP contribution in [0, 0.1) is 5.82 Å². The number of aryl methyl sites for hydroxylation is 1. The molecule has 1 aromatic carbocycles. The maximum absolute atomic E-state index is 13.9. The first kappa shape index (κ1) is 12.2. The molecule has 0 bridgehead atoms. The lowest BCUT2D eigenvalue weighted by molar-refractivity contribution is 0.441. The number of hydrogen-bond donors (Lipinski definition) is 1. The molecule has 4 nitrogen and oxygen atoms in total. The van der Waals surface area contributed by atoms with Crippen molar-refractivity contribution < 1.29 is 9.13 Å². The van der Waals surface area contributed by atoms with Gasteiger partial charge in [0.15, 0.2) is 17.3 Å². The summed E-state index contributed by atoms with van der Waals surface area (Å²) >= 11 is 0. The second-order valence-corrected chi connectivity index (χ2v) is 4.87. The summed E-state index contributed by atoms with van der Waals surface area (Å²) < 4.78 is 21.0. The molecule has 1 saturated carbocycles. The fourth-order valence-corrected chi connectivity index (χ4v) is 1.87. The van der Waals surface area contributed by atoms with E-state index >= 15 is 0 Å². The van der Waals surface area contributed by atoms with E-state index in [1.54, 1.807) is 30.2 Å². The summed E-state index contributed by atoms with van der Waals surface area (Å²) in [6.07, 6.45) is 5.71. The molecule has 1 heterocycles. The van der Waals surface area contributed by atoms with Gasteiger partial charge >= 0.3 is 0 Å². The van der Waals surface area contributed by atoms with E-state index in [2.05, 4.69) is 10.4 Å². The van der Waals surface area contributed by atoms with Crippen molar-refractivity contribution in [3.8, 4) is 11.5 Å². The molecule has 100 valence electrons. The Labute approximate surface area is 111 Å². The van der Waals surface area contributed by atoms with E-state index in [9.17, 15) is 4.39 Å². The van der Waals surface area contributed by atoms with Crippen LogP contribution in [0.5, 0.6) is 11.5 Å². The van der Waals surface area contributed by atoms with Gasteiger partial charge in [0.2, 0.25) is 0 Å². The molecule has 19 heavy (non-hydrogen) atoms. The minimum Gasteiger partial charge on any atom is -0.451 e. The third-order valence-corrected chi connectivity index (χ3v) is 3.08. The SMILES string of the molecule is Cn1cc(Oc2ccc(CNC3CC3)cc2F)cn1. The van der Waals surface area contributed by atoms with Crippen LogP contribution in [0.3, 0.4) is 0 Å². The number of aromatic nitrogens is 2. The Morgan fingerprint density at radius 2 is 2.32 bits per heavy atom. The van der Waals surface area contributed by atoms with Gasteiger partial charge in [-0.25, -0.2) is 4.39 Å². The number of halogens is 1. The number of nitrogens with one attached hydrogen (secondary N) is 1. The molecule has 0 saturated heterocycles. The third kappa shape index (κ3) is 3.12. The van der Waals surface area contributed by atoms with Crippen molar-refractivity contribution in [2.24, 2.45) is 7.05 Å². The van der Waals surface area contributed by atoms with E-state index in [-0.39, 0.29) is 11.6 Å². The van der Waals surface area contributed by atoms with E-state index in [1.165, 1.54) is 18.9 Å². The molecule has 0 radical (unpaired) electrons. The first-order valence-corrected chi connectivity index (χ1v) is 6.39. The maximum Gasteiger partial charge on any atom is 0.166 e. The molecule has 0 spiro atoms. The normalized spacial score (nSPS) is 14.6. The minimum atomic E-state index is -0.348. The van der Waals surface area contributed by atoms with Crippen molar-refractivity contribution in [1.82, 2.24) is 15.1 Å². The van der Waals surface area contributed by atoms with Gasteiger partial charge in [-0.3, -0.25) is 4.68 Å². The zero-order chi connectivity index (χ0) is 13.2. The van der Waals surface area contributed by atoms with Gasteiger partial charge in [0, 0.05) is 19.6 Å². The molecule has 2 aromatic rings. The third-order valence-electron chi connectivity index (χ3n) is 3.08. The lowest BCUT2D eigenvalue weighted by Crippen LogP contribution is -2.15. The second-order valence-electron chi connectivity index (χ2n) is 4.87. The summed E-state index contributed by atoms with van der Waals surface area (Å²) in [5.41, 5.74) is 0.933. The summed E-state index contributed by atoms with van der Waals surface area (Å²) in [6.45, 7) is 0.703. The number of ether oxygens (including phenoxy) is 1. The number of nitrogens with zero attached hydrogens (tertiary/aromatic N) is 2. The molecule has 1 aliphatic carbocycles. The predicted molar refractivity (Wildman–Crippen MR) is 69.5 cm³/mol. The van der Waals surface area contributed by atoms with Crippen molar-refractivity contribution in [1.29, 1.82) is 0 Å². The van der Waals surface area contributed by atoms with Gasteiger partial charge in [-0.05, 0) is 30.5 Å². The van der Waals surface area contributed by atoms with Crippen LogP contribution < -0.4 is 10.1 Å². The fraction of sp³-hybridized carbons (Fsp3) is 0.357. The highest BCUT2D eigenvalue weighted by atomic mass is 19.1. The van der Waals surface area contributed by atoms with Gasteiger partial charge in [0.05, 0.1) is 12.4 Å². The van der Waals surface area contributed by atoms with Crippen molar-refractivity contribution >= 4 is 0 Å². The summed E-state index contributed by atoms with van der Waals surface area (Å²) in [5, 5.41) is 7.33. The fourth-order valence-electron chi connectivity index (χ4n) is 1.87. The highest BCUT2D eigenvalue weighted by Gasteiger charge is 2.20. The summed E-state index contributed by atoms with van der Waals surface area (Å²) in [7, 11) is 1.79. The van der Waals surface area contributed by atoms with Crippen molar-refractivity contribution in [3.63, 3.8) is 0 Å². The van der Waals surface area contributed by atoms with Crippen LogP contribution in [0.4, 0.5) is 4.39 Å². The zero-order valence-electron chi connectivity index (χ0n) is 10.8. The lowest BCUT2D eigenvalue weighted by Gasteiger charge is -2.07. The summed E-state index contributed by atoms with van der Waals surface area (Å²) in [5.74, 6) is 0.410. The topological polar surface area (TPSA) is 39.1 Å². The molecule has 0 atom stereocenters. The Hall–Kier alpha value is -1.88. The molecule has 5 heteroatoms. The molecule has 0 unspecified atom stereocenters. The van der Waals surface area contributed by atoms with Gasteiger partial charge in [0.1, 0.15) is 0 Å². The van der Waals surface area contributed by atoms with Crippen LogP contribution in [0.15, 0.2) is 30.6 Å². The van der Waals surface area contributed by atoms with E-state index in [1.807, 2.05) is 6.07 Å². The zero-order valence-corrected chi connectivity index (χ0v) is 10.8. The van der Waals surface area contributed by atoms with Gasteiger partial charge in [0.25, 0.3) is 0 Å². The largest absolute Gasteiger partial charge is 0.451 e. The number of rotatable bonds is 5. The first-order valence-electron chi connectivity index (χ1n) is 6.39. The minimum absolute atomic E-state index is 0.225. The number of benzene rings is 1. The summed E-state index contributed by atoms with van der Waals surface area (Å²) in [4.78, 5) is 0. The molecular formula is C14H16FN3O. The Balaban J connectivity index is 1.67. The van der Waals surface area contributed by atoms with Crippen molar-refractivity contribution in [2.75, 3.05) is 0 Å². The molecule has 0 aliphatic heterocycles. The van der Waals surface area contributed by atoms with Crippen molar-refractivity contribution in [3.05, 3.63) is 42.0 Å². The molecule has 1 N–H and O–H groups in total. The standard InChI is InChI=1S/C14H16FN3O/c1-18-9-12(8-17-18)19-14-5-2-10(6-13(14)15)7-16-11-3-4-11/h2,5-6,8-9,11,16H,3-4,7H2,1H3. The Kier molecular flexibility index (Phi) is 3.21. The van der Waals surface area contributed by atoms with E-state index in [0.717, 1.165) is 5.56 Å². The smallest absolute Gasteiger partial charge is 0.166 e. The molecule has 0 amide bonds. The van der Waals surface area contributed by atoms with Crippen LogP contribution in [0.25, 0.3) is 0 Å². The molecule has 1 fully saturated rings. The Bertz CT molecular complexity index is 578. The van der Waals surface area contributed by atoms with Crippen molar-refractivity contribution in [2.45, 2.75) is 25.4 Å². The van der Waals surface area contributed by atoms with Gasteiger partial charge < -0.3 is 10.1 Å². The first-order chi connectivity index (χ1) is 9.20. The average Bonchev–Trinajstić information content (AvgIpc) is 3.13. The lowest BCUT2D eigenvalue weighted by atomic mass is 10.2. The molecule has 1 aliphatic rings. The quantitative estimate of drug-likeness (QED) is 0.899. The second kappa shape index (κ2) is 5.01. The molecule has 3 rings (SSSR count). The highest BCUT2D eigenvalue weighted by molar-refractivity contribution is 5.33. The van der Waals surface area contributed by atoms with Crippen LogP contribution in [0.2, 0.25) is 0 Å². The van der Waals surface area contributed by atoms with E-state index in [0.29, 0.717) is 18.3 Å². The van der Waals surface area contributed by atoms with Crippen LogP contribution >= 0.6 is 0 Å².